The van der Waals surface area contributed by atoms with E-state index in [4.69, 9.17) is 12.2 Å². The molecule has 0 aliphatic carbocycles. The van der Waals surface area contributed by atoms with Crippen molar-refractivity contribution in [2.24, 2.45) is 0 Å². The second-order valence-corrected chi connectivity index (χ2v) is 10.6. The molecule has 3 aliphatic rings. The lowest BCUT2D eigenvalue weighted by molar-refractivity contribution is -0.128. The Bertz CT molecular complexity index is 1400. The zero-order valence-corrected chi connectivity index (χ0v) is 20.4. The van der Waals surface area contributed by atoms with Crippen LogP contribution in [-0.2, 0) is 21.7 Å². The summed E-state index contributed by atoms with van der Waals surface area (Å²) < 4.78 is -1.41. The fraction of sp³-hybridized carbons (Fsp3) is 0.185. The molecule has 2 fully saturated rings. The Balaban J connectivity index is 1.60. The van der Waals surface area contributed by atoms with Crippen molar-refractivity contribution in [3.8, 4) is 0 Å². The number of nitrogens with zero attached hydrogens (tertiary/aromatic N) is 2. The van der Waals surface area contributed by atoms with Gasteiger partial charge in [0.2, 0.25) is 0 Å². The maximum atomic E-state index is 14.5. The molecule has 3 amide bonds. The first-order chi connectivity index (χ1) is 16.9. The first-order valence-corrected chi connectivity index (χ1v) is 12.5. The lowest BCUT2D eigenvalue weighted by atomic mass is 9.71. The maximum Gasteiger partial charge on any atom is 0.289 e. The number of thioether (sulfide) groups is 1. The highest BCUT2D eigenvalue weighted by molar-refractivity contribution is 8.17. The van der Waals surface area contributed by atoms with E-state index >= 15 is 0 Å². The van der Waals surface area contributed by atoms with Gasteiger partial charge in [-0.25, -0.2) is 0 Å². The minimum Gasteiger partial charge on any atom is -0.360 e. The van der Waals surface area contributed by atoms with Crippen molar-refractivity contribution >= 4 is 51.7 Å². The van der Waals surface area contributed by atoms with Crippen LogP contribution in [0.3, 0.4) is 0 Å². The predicted molar refractivity (Wildman–Crippen MR) is 139 cm³/mol. The molecule has 0 aromatic heterocycles. The van der Waals surface area contributed by atoms with Gasteiger partial charge in [-0.3, -0.25) is 19.3 Å². The van der Waals surface area contributed by atoms with Crippen LogP contribution in [0.15, 0.2) is 84.9 Å². The lowest BCUT2D eigenvalue weighted by Gasteiger charge is -2.35. The van der Waals surface area contributed by atoms with Gasteiger partial charge in [0.25, 0.3) is 17.1 Å². The van der Waals surface area contributed by atoms with Gasteiger partial charge in [-0.15, -0.1) is 0 Å². The molecule has 35 heavy (non-hydrogen) atoms. The second kappa shape index (κ2) is 7.76. The van der Waals surface area contributed by atoms with Crippen molar-refractivity contribution in [2.75, 3.05) is 11.9 Å². The third kappa shape index (κ3) is 2.84. The molecule has 8 heteroatoms. The van der Waals surface area contributed by atoms with Gasteiger partial charge in [-0.2, -0.15) is 0 Å². The van der Waals surface area contributed by atoms with Crippen LogP contribution in [0.2, 0.25) is 0 Å². The normalized spacial score (nSPS) is 27.3. The number of carbonyl (C=O) groups is 3. The number of amides is 3. The number of nitrogens with one attached hydrogen (secondary N) is 1. The van der Waals surface area contributed by atoms with Crippen LogP contribution >= 0.6 is 24.0 Å². The van der Waals surface area contributed by atoms with Gasteiger partial charge in [0, 0.05) is 12.6 Å². The number of benzene rings is 3. The number of anilines is 1. The molecular formula is C27H21N3O3S2. The Kier molecular flexibility index (Phi) is 4.88. The largest absolute Gasteiger partial charge is 0.360 e. The van der Waals surface area contributed by atoms with Crippen LogP contribution in [0.25, 0.3) is 0 Å². The molecule has 0 bridgehead atoms. The molecule has 3 aromatic rings. The summed E-state index contributed by atoms with van der Waals surface area (Å²) in [5.74, 6) is -1.31. The van der Waals surface area contributed by atoms with Gasteiger partial charge in [-0.1, -0.05) is 91.1 Å². The van der Waals surface area contributed by atoms with Crippen LogP contribution in [0.4, 0.5) is 10.5 Å². The van der Waals surface area contributed by atoms with Crippen molar-refractivity contribution in [1.82, 2.24) is 10.2 Å². The smallest absolute Gasteiger partial charge is 0.289 e. The Hall–Kier alpha value is -3.49. The van der Waals surface area contributed by atoms with Crippen molar-refractivity contribution in [3.05, 3.63) is 102 Å². The first-order valence-electron chi connectivity index (χ1n) is 11.3. The molecule has 6 rings (SSSR count). The van der Waals surface area contributed by atoms with Gasteiger partial charge in [-0.05, 0) is 29.0 Å². The number of fused-ring (bicyclic) bond motifs is 2. The fourth-order valence-corrected chi connectivity index (χ4v) is 7.41. The van der Waals surface area contributed by atoms with Gasteiger partial charge in [0.1, 0.15) is 4.99 Å². The van der Waals surface area contributed by atoms with Crippen LogP contribution in [-0.4, -0.2) is 38.7 Å². The second-order valence-electron chi connectivity index (χ2n) is 8.97. The Morgan fingerprint density at radius 3 is 2.17 bits per heavy atom. The Morgan fingerprint density at radius 2 is 1.51 bits per heavy atom. The van der Waals surface area contributed by atoms with E-state index in [0.29, 0.717) is 6.54 Å². The molecular weight excluding hydrogens is 478 g/mol. The topological polar surface area (TPSA) is 69.7 Å². The highest BCUT2D eigenvalue weighted by Crippen LogP contribution is 2.62. The number of thiocarbonyl (C=S) groups is 1. The Morgan fingerprint density at radius 1 is 0.886 bits per heavy atom. The van der Waals surface area contributed by atoms with Crippen molar-refractivity contribution in [1.29, 1.82) is 0 Å². The number of carbonyl (C=O) groups excluding carboxylic acids is 3. The molecule has 3 atom stereocenters. The van der Waals surface area contributed by atoms with Crippen LogP contribution < -0.4 is 10.2 Å². The molecule has 0 unspecified atom stereocenters. The monoisotopic (exact) mass is 499 g/mol. The summed E-state index contributed by atoms with van der Waals surface area (Å²) in [6.07, 6.45) is 0. The zero-order valence-electron chi connectivity index (χ0n) is 18.8. The first kappa shape index (κ1) is 22.0. The average molecular weight is 500 g/mol. The van der Waals surface area contributed by atoms with Crippen LogP contribution in [0.1, 0.15) is 22.6 Å². The number of para-hydroxylation sites is 1. The van der Waals surface area contributed by atoms with E-state index in [-0.39, 0.29) is 16.1 Å². The van der Waals surface area contributed by atoms with Crippen molar-refractivity contribution in [3.63, 3.8) is 0 Å². The van der Waals surface area contributed by atoms with E-state index in [9.17, 15) is 14.4 Å². The molecule has 1 N–H and O–H groups in total. The molecule has 3 heterocycles. The molecule has 2 spiro atoms. The number of imide groups is 1. The standard InChI is InChI=1S/C27H21N3O3S2/c1-29-24(32)27(35-25(29)33)21(18-12-6-3-7-13-18)26(28-22(27)34)19-14-8-9-15-20(19)30(23(26)31)16-17-10-4-2-5-11-17/h2-15,21H,16H2,1H3,(H,28,34)/t21-,26+,27-/m1/s1. The lowest BCUT2D eigenvalue weighted by Crippen LogP contribution is -2.52. The van der Waals surface area contributed by atoms with Gasteiger partial charge in [0.05, 0.1) is 18.2 Å². The predicted octanol–water partition coefficient (Wildman–Crippen LogP) is 4.21. The van der Waals surface area contributed by atoms with Crippen LogP contribution in [0.5, 0.6) is 0 Å². The molecule has 0 radical (unpaired) electrons. The summed E-state index contributed by atoms with van der Waals surface area (Å²) in [7, 11) is 1.47. The van der Waals surface area contributed by atoms with E-state index in [1.54, 1.807) is 4.90 Å². The molecule has 0 saturated carbocycles. The maximum absolute atomic E-state index is 14.5. The zero-order chi connectivity index (χ0) is 24.4. The minimum absolute atomic E-state index is 0.189. The molecule has 174 valence electrons. The number of hydrogen-bond donors (Lipinski definition) is 1. The summed E-state index contributed by atoms with van der Waals surface area (Å²) in [5.41, 5.74) is 1.96. The highest BCUT2D eigenvalue weighted by Gasteiger charge is 2.74. The molecule has 3 aromatic carbocycles. The van der Waals surface area contributed by atoms with E-state index in [1.165, 1.54) is 7.05 Å². The quantitative estimate of drug-likeness (QED) is 0.545. The van der Waals surface area contributed by atoms with E-state index in [2.05, 4.69) is 5.32 Å². The highest BCUT2D eigenvalue weighted by atomic mass is 32.2. The summed E-state index contributed by atoms with van der Waals surface area (Å²) in [6, 6.07) is 26.8. The van der Waals surface area contributed by atoms with Gasteiger partial charge >= 0.3 is 0 Å². The summed E-state index contributed by atoms with van der Waals surface area (Å²) in [4.78, 5) is 44.1. The van der Waals surface area contributed by atoms with E-state index in [1.807, 2.05) is 84.9 Å². The summed E-state index contributed by atoms with van der Waals surface area (Å²) in [5, 5.41) is 2.95. The summed E-state index contributed by atoms with van der Waals surface area (Å²) >= 11 is 6.72. The number of hydrogen-bond acceptors (Lipinski definition) is 5. The third-order valence-electron chi connectivity index (χ3n) is 7.15. The number of rotatable bonds is 3. The average Bonchev–Trinajstić information content (AvgIpc) is 3.38. The van der Waals surface area contributed by atoms with Crippen molar-refractivity contribution < 1.29 is 14.4 Å². The summed E-state index contributed by atoms with van der Waals surface area (Å²) in [6.45, 7) is 0.376. The van der Waals surface area contributed by atoms with E-state index in [0.717, 1.165) is 39.0 Å². The SMILES string of the molecule is CN1C(=O)S[C@@]2(C1=O)C(=S)N[C@]1(C(=O)N(Cc3ccccc3)c3ccccc31)[C@H]2c1ccccc1. The third-order valence-corrected chi connectivity index (χ3v) is 9.09. The van der Waals surface area contributed by atoms with Crippen LogP contribution in [0, 0.1) is 0 Å². The molecule has 6 nitrogen and oxygen atoms in total. The van der Waals surface area contributed by atoms with Crippen molar-refractivity contribution in [2.45, 2.75) is 22.7 Å². The fourth-order valence-electron chi connectivity index (χ4n) is 5.62. The van der Waals surface area contributed by atoms with Gasteiger partial charge < -0.3 is 10.2 Å². The molecule has 3 aliphatic heterocycles. The van der Waals surface area contributed by atoms with Gasteiger partial charge in [0.15, 0.2) is 10.3 Å². The van der Waals surface area contributed by atoms with E-state index < -0.39 is 22.1 Å². The molecule has 2 saturated heterocycles. The minimum atomic E-state index is -1.41. The Labute approximate surface area is 212 Å².